The topological polar surface area (TPSA) is 71.4 Å². The standard InChI is InChI=1S/C19H18N2O3/c1-2-23-19(22)16(12-20)13-21-17-9-6-10-18(11-17)24-14-15-7-4-3-5-8-15/h3-11,13,21H,2,14H2,1H3/b16-13+. The largest absolute Gasteiger partial charge is 0.489 e. The number of carbonyl (C=O) groups is 1. The Hall–Kier alpha value is -3.26. The van der Waals surface area contributed by atoms with Crippen molar-refractivity contribution in [2.24, 2.45) is 0 Å². The fraction of sp³-hybridized carbons (Fsp3) is 0.158. The average molecular weight is 322 g/mol. The molecule has 24 heavy (non-hydrogen) atoms. The fourth-order valence-electron chi connectivity index (χ4n) is 1.92. The predicted octanol–water partition coefficient (Wildman–Crippen LogP) is 3.65. The average Bonchev–Trinajstić information content (AvgIpc) is 2.62. The third-order valence-electron chi connectivity index (χ3n) is 3.08. The van der Waals surface area contributed by atoms with Crippen LogP contribution in [0, 0.1) is 11.3 Å². The molecule has 0 amide bonds. The highest BCUT2D eigenvalue weighted by Gasteiger charge is 2.09. The second kappa shape index (κ2) is 9.01. The minimum absolute atomic E-state index is 0.0903. The lowest BCUT2D eigenvalue weighted by Gasteiger charge is -2.08. The molecule has 0 radical (unpaired) electrons. The first-order valence-electron chi connectivity index (χ1n) is 7.53. The van der Waals surface area contributed by atoms with E-state index in [0.29, 0.717) is 18.0 Å². The summed E-state index contributed by atoms with van der Waals surface area (Å²) >= 11 is 0. The highest BCUT2D eigenvalue weighted by Crippen LogP contribution is 2.19. The zero-order valence-corrected chi connectivity index (χ0v) is 13.4. The molecule has 5 nitrogen and oxygen atoms in total. The molecule has 0 aliphatic heterocycles. The summed E-state index contributed by atoms with van der Waals surface area (Å²) in [7, 11) is 0. The van der Waals surface area contributed by atoms with Gasteiger partial charge < -0.3 is 14.8 Å². The van der Waals surface area contributed by atoms with Crippen molar-refractivity contribution in [3.63, 3.8) is 0 Å². The van der Waals surface area contributed by atoms with Gasteiger partial charge >= 0.3 is 5.97 Å². The zero-order chi connectivity index (χ0) is 17.2. The maximum atomic E-state index is 11.5. The second-order valence-corrected chi connectivity index (χ2v) is 4.84. The van der Waals surface area contributed by atoms with Crippen LogP contribution >= 0.6 is 0 Å². The van der Waals surface area contributed by atoms with Crippen molar-refractivity contribution in [1.82, 2.24) is 0 Å². The van der Waals surface area contributed by atoms with E-state index < -0.39 is 5.97 Å². The number of hydrogen-bond donors (Lipinski definition) is 1. The number of carbonyl (C=O) groups excluding carboxylic acids is 1. The molecule has 0 aromatic heterocycles. The van der Waals surface area contributed by atoms with Crippen LogP contribution in [0.25, 0.3) is 0 Å². The highest BCUT2D eigenvalue weighted by atomic mass is 16.5. The van der Waals surface area contributed by atoms with Gasteiger partial charge in [0.25, 0.3) is 0 Å². The molecule has 0 bridgehead atoms. The number of nitrogens with one attached hydrogen (secondary N) is 1. The number of nitriles is 1. The van der Waals surface area contributed by atoms with Gasteiger partial charge in [-0.2, -0.15) is 5.26 Å². The molecular weight excluding hydrogens is 304 g/mol. The Morgan fingerprint density at radius 2 is 2.00 bits per heavy atom. The fourth-order valence-corrected chi connectivity index (χ4v) is 1.92. The van der Waals surface area contributed by atoms with Crippen LogP contribution in [-0.4, -0.2) is 12.6 Å². The molecule has 2 aromatic rings. The van der Waals surface area contributed by atoms with E-state index in [4.69, 9.17) is 14.7 Å². The number of anilines is 1. The molecule has 0 saturated heterocycles. The first kappa shape index (κ1) is 17.1. The van der Waals surface area contributed by atoms with Crippen molar-refractivity contribution < 1.29 is 14.3 Å². The van der Waals surface area contributed by atoms with Gasteiger partial charge in [-0.15, -0.1) is 0 Å². The number of esters is 1. The molecule has 0 unspecified atom stereocenters. The molecule has 0 aliphatic rings. The molecular formula is C19H18N2O3. The highest BCUT2D eigenvalue weighted by molar-refractivity contribution is 5.93. The molecule has 0 fully saturated rings. The molecule has 2 rings (SSSR count). The molecule has 1 N–H and O–H groups in total. The number of hydrogen-bond acceptors (Lipinski definition) is 5. The van der Waals surface area contributed by atoms with Gasteiger partial charge in [0, 0.05) is 18.0 Å². The van der Waals surface area contributed by atoms with Gasteiger partial charge in [0.15, 0.2) is 5.57 Å². The number of benzene rings is 2. The van der Waals surface area contributed by atoms with Crippen molar-refractivity contribution in [2.75, 3.05) is 11.9 Å². The lowest BCUT2D eigenvalue weighted by atomic mass is 10.2. The van der Waals surface area contributed by atoms with E-state index in [-0.39, 0.29) is 12.2 Å². The molecule has 0 atom stereocenters. The van der Waals surface area contributed by atoms with E-state index in [9.17, 15) is 4.79 Å². The van der Waals surface area contributed by atoms with E-state index in [1.54, 1.807) is 13.0 Å². The Morgan fingerprint density at radius 1 is 1.21 bits per heavy atom. The van der Waals surface area contributed by atoms with Crippen molar-refractivity contribution in [1.29, 1.82) is 5.26 Å². The summed E-state index contributed by atoms with van der Waals surface area (Å²) in [5, 5.41) is 11.9. The first-order valence-corrected chi connectivity index (χ1v) is 7.53. The van der Waals surface area contributed by atoms with E-state index >= 15 is 0 Å². The normalized spacial score (nSPS) is 10.6. The van der Waals surface area contributed by atoms with Crippen molar-refractivity contribution in [3.05, 3.63) is 71.9 Å². The summed E-state index contributed by atoms with van der Waals surface area (Å²) < 4.78 is 10.5. The van der Waals surface area contributed by atoms with Crippen molar-refractivity contribution in [3.8, 4) is 11.8 Å². The van der Waals surface area contributed by atoms with Gasteiger partial charge in [-0.05, 0) is 24.6 Å². The van der Waals surface area contributed by atoms with Gasteiger partial charge in [-0.25, -0.2) is 4.79 Å². The quantitative estimate of drug-likeness (QED) is 0.478. The number of rotatable bonds is 7. The monoisotopic (exact) mass is 322 g/mol. The smallest absolute Gasteiger partial charge is 0.350 e. The maximum absolute atomic E-state index is 11.5. The number of ether oxygens (including phenoxy) is 2. The third-order valence-corrected chi connectivity index (χ3v) is 3.08. The first-order chi connectivity index (χ1) is 11.7. The Balaban J connectivity index is 1.99. The van der Waals surface area contributed by atoms with E-state index in [1.165, 1.54) is 6.20 Å². The Bertz CT molecular complexity index is 749. The van der Waals surface area contributed by atoms with Gasteiger partial charge in [0.05, 0.1) is 6.61 Å². The zero-order valence-electron chi connectivity index (χ0n) is 13.4. The summed E-state index contributed by atoms with van der Waals surface area (Å²) in [5.41, 5.74) is 1.69. The summed E-state index contributed by atoms with van der Waals surface area (Å²) in [6.45, 7) is 2.38. The Labute approximate surface area is 141 Å². The Kier molecular flexibility index (Phi) is 6.42. The van der Waals surface area contributed by atoms with E-state index in [2.05, 4.69) is 5.32 Å². The molecule has 5 heteroatoms. The maximum Gasteiger partial charge on any atom is 0.350 e. The lowest BCUT2D eigenvalue weighted by Crippen LogP contribution is -2.07. The SMILES string of the molecule is CCOC(=O)/C(C#N)=C/Nc1cccc(OCc2ccccc2)c1. The van der Waals surface area contributed by atoms with Gasteiger partial charge in [0.1, 0.15) is 18.4 Å². The van der Waals surface area contributed by atoms with E-state index in [0.717, 1.165) is 5.56 Å². The molecule has 2 aromatic carbocycles. The number of nitrogens with zero attached hydrogens (tertiary/aromatic N) is 1. The minimum Gasteiger partial charge on any atom is -0.489 e. The van der Waals surface area contributed by atoms with Crippen LogP contribution in [0.3, 0.4) is 0 Å². The van der Waals surface area contributed by atoms with Crippen LogP contribution in [0.15, 0.2) is 66.4 Å². The van der Waals surface area contributed by atoms with Crippen LogP contribution in [0.5, 0.6) is 5.75 Å². The van der Waals surface area contributed by atoms with Crippen LogP contribution in [0.2, 0.25) is 0 Å². The summed E-state index contributed by atoms with van der Waals surface area (Å²) in [4.78, 5) is 11.5. The van der Waals surface area contributed by atoms with Crippen LogP contribution < -0.4 is 10.1 Å². The molecule has 0 aliphatic carbocycles. The summed E-state index contributed by atoms with van der Waals surface area (Å²) in [6, 6.07) is 18.9. The van der Waals surface area contributed by atoms with Gasteiger partial charge in [-0.3, -0.25) is 0 Å². The van der Waals surface area contributed by atoms with Crippen molar-refractivity contribution >= 4 is 11.7 Å². The third kappa shape index (κ3) is 5.18. The summed E-state index contributed by atoms with van der Waals surface area (Å²) in [5.74, 6) is 0.0378. The van der Waals surface area contributed by atoms with Crippen LogP contribution in [0.4, 0.5) is 5.69 Å². The second-order valence-electron chi connectivity index (χ2n) is 4.84. The van der Waals surface area contributed by atoms with Crippen LogP contribution in [0.1, 0.15) is 12.5 Å². The Morgan fingerprint density at radius 3 is 2.71 bits per heavy atom. The van der Waals surface area contributed by atoms with Gasteiger partial charge in [-0.1, -0.05) is 36.4 Å². The lowest BCUT2D eigenvalue weighted by molar-refractivity contribution is -0.138. The predicted molar refractivity (Wildman–Crippen MR) is 91.2 cm³/mol. The van der Waals surface area contributed by atoms with E-state index in [1.807, 2.05) is 54.6 Å². The minimum atomic E-state index is -0.649. The summed E-state index contributed by atoms with van der Waals surface area (Å²) in [6.07, 6.45) is 1.33. The molecule has 0 saturated carbocycles. The molecule has 0 heterocycles. The molecule has 122 valence electrons. The molecule has 0 spiro atoms. The van der Waals surface area contributed by atoms with Crippen LogP contribution in [-0.2, 0) is 16.1 Å². The van der Waals surface area contributed by atoms with Gasteiger partial charge in [0.2, 0.25) is 0 Å². The van der Waals surface area contributed by atoms with Crippen molar-refractivity contribution in [2.45, 2.75) is 13.5 Å².